The molecule has 0 spiro atoms. The zero-order chi connectivity index (χ0) is 14.5. The number of carbonyl (C=O) groups excluding carboxylic acids is 1. The van der Waals surface area contributed by atoms with Crippen molar-refractivity contribution in [1.29, 1.82) is 0 Å². The predicted octanol–water partition coefficient (Wildman–Crippen LogP) is 2.30. The molecule has 0 radical (unpaired) electrons. The number of halogens is 1. The van der Waals surface area contributed by atoms with Crippen LogP contribution in [0.3, 0.4) is 0 Å². The number of likely N-dealkylation sites (tertiary alicyclic amines) is 1. The first-order valence-electron chi connectivity index (χ1n) is 6.98. The van der Waals surface area contributed by atoms with Crippen LogP contribution >= 0.6 is 11.6 Å². The van der Waals surface area contributed by atoms with Crippen LogP contribution in [0.2, 0.25) is 5.02 Å². The number of carbonyl (C=O) groups is 1. The summed E-state index contributed by atoms with van der Waals surface area (Å²) in [6.07, 6.45) is 1.95. The smallest absolute Gasteiger partial charge is 0.260 e. The van der Waals surface area contributed by atoms with Gasteiger partial charge in [-0.3, -0.25) is 4.79 Å². The molecule has 1 aromatic rings. The quantitative estimate of drug-likeness (QED) is 0.927. The van der Waals surface area contributed by atoms with Gasteiger partial charge in [0, 0.05) is 24.2 Å². The summed E-state index contributed by atoms with van der Waals surface area (Å²) in [4.78, 5) is 13.9. The average Bonchev–Trinajstić information content (AvgIpc) is 2.46. The van der Waals surface area contributed by atoms with E-state index in [-0.39, 0.29) is 18.6 Å². The molecule has 5 heteroatoms. The number of rotatable bonds is 4. The third-order valence-corrected chi connectivity index (χ3v) is 4.06. The molecule has 2 rings (SSSR count). The summed E-state index contributed by atoms with van der Waals surface area (Å²) in [5, 5.41) is 0.654. The highest BCUT2D eigenvalue weighted by Gasteiger charge is 2.24. The van der Waals surface area contributed by atoms with Gasteiger partial charge in [0.25, 0.3) is 5.91 Å². The second kappa shape index (κ2) is 6.95. The molecule has 20 heavy (non-hydrogen) atoms. The van der Waals surface area contributed by atoms with E-state index in [4.69, 9.17) is 22.1 Å². The lowest BCUT2D eigenvalue weighted by atomic mass is 9.91. The lowest BCUT2D eigenvalue weighted by Crippen LogP contribution is -2.44. The molecule has 0 aromatic heterocycles. The first-order valence-corrected chi connectivity index (χ1v) is 7.36. The van der Waals surface area contributed by atoms with Crippen LogP contribution in [-0.2, 0) is 4.79 Å². The van der Waals surface area contributed by atoms with Crippen molar-refractivity contribution in [2.45, 2.75) is 25.8 Å². The number of ether oxygens (including phenoxy) is 1. The molecule has 4 nitrogen and oxygen atoms in total. The maximum atomic E-state index is 12.1. The molecule has 110 valence electrons. The van der Waals surface area contributed by atoms with Crippen molar-refractivity contribution in [2.75, 3.05) is 19.7 Å². The maximum absolute atomic E-state index is 12.1. The number of hydrogen-bond acceptors (Lipinski definition) is 3. The van der Waals surface area contributed by atoms with Crippen LogP contribution in [-0.4, -0.2) is 36.5 Å². The Hall–Kier alpha value is -1.26. The van der Waals surface area contributed by atoms with E-state index < -0.39 is 0 Å². The van der Waals surface area contributed by atoms with Crippen LogP contribution in [0.1, 0.15) is 19.8 Å². The molecule has 1 heterocycles. The number of amides is 1. The van der Waals surface area contributed by atoms with Gasteiger partial charge in [0.05, 0.1) is 0 Å². The lowest BCUT2D eigenvalue weighted by Gasteiger charge is -2.33. The summed E-state index contributed by atoms with van der Waals surface area (Å²) in [5.74, 6) is 1.22. The number of piperidine rings is 1. The van der Waals surface area contributed by atoms with Crippen molar-refractivity contribution in [3.8, 4) is 5.75 Å². The van der Waals surface area contributed by atoms with E-state index in [2.05, 4.69) is 0 Å². The van der Waals surface area contributed by atoms with Crippen LogP contribution in [0, 0.1) is 5.92 Å². The minimum Gasteiger partial charge on any atom is -0.484 e. The first-order chi connectivity index (χ1) is 9.56. The van der Waals surface area contributed by atoms with Gasteiger partial charge in [-0.2, -0.15) is 0 Å². The van der Waals surface area contributed by atoms with Crippen LogP contribution < -0.4 is 10.5 Å². The lowest BCUT2D eigenvalue weighted by molar-refractivity contribution is -0.134. The molecule has 0 aliphatic carbocycles. The topological polar surface area (TPSA) is 55.6 Å². The zero-order valence-electron chi connectivity index (χ0n) is 11.7. The fourth-order valence-corrected chi connectivity index (χ4v) is 2.57. The summed E-state index contributed by atoms with van der Waals surface area (Å²) < 4.78 is 5.48. The monoisotopic (exact) mass is 296 g/mol. The van der Waals surface area contributed by atoms with Crippen LogP contribution in [0.15, 0.2) is 24.3 Å². The van der Waals surface area contributed by atoms with Crippen LogP contribution in [0.4, 0.5) is 0 Å². The van der Waals surface area contributed by atoms with Gasteiger partial charge in [0.1, 0.15) is 5.75 Å². The molecule has 1 aliphatic heterocycles. The van der Waals surface area contributed by atoms with E-state index in [0.29, 0.717) is 16.7 Å². The maximum Gasteiger partial charge on any atom is 0.260 e. The molecule has 1 unspecified atom stereocenters. The van der Waals surface area contributed by atoms with E-state index >= 15 is 0 Å². The molecule has 2 N–H and O–H groups in total. The minimum atomic E-state index is 0.0306. The third-order valence-electron chi connectivity index (χ3n) is 3.81. The normalized spacial score (nSPS) is 17.9. The number of benzene rings is 1. The highest BCUT2D eigenvalue weighted by atomic mass is 35.5. The molecule has 1 atom stereocenters. The summed E-state index contributed by atoms with van der Waals surface area (Å²) in [7, 11) is 0. The Labute approximate surface area is 124 Å². The SMILES string of the molecule is CC(N)C1CCN(C(=O)COc2ccc(Cl)cc2)CC1. The fraction of sp³-hybridized carbons (Fsp3) is 0.533. The Morgan fingerprint density at radius 1 is 1.40 bits per heavy atom. The van der Waals surface area contributed by atoms with E-state index in [1.54, 1.807) is 24.3 Å². The van der Waals surface area contributed by atoms with Gasteiger partial charge in [-0.25, -0.2) is 0 Å². The van der Waals surface area contributed by atoms with Crippen LogP contribution in [0.25, 0.3) is 0 Å². The molecule has 1 aliphatic rings. The second-order valence-electron chi connectivity index (χ2n) is 5.32. The van der Waals surface area contributed by atoms with Crippen molar-refractivity contribution in [3.63, 3.8) is 0 Å². The largest absolute Gasteiger partial charge is 0.484 e. The molecular weight excluding hydrogens is 276 g/mol. The van der Waals surface area contributed by atoms with E-state index in [9.17, 15) is 4.79 Å². The van der Waals surface area contributed by atoms with Gasteiger partial charge < -0.3 is 15.4 Å². The Balaban J connectivity index is 1.77. The Morgan fingerprint density at radius 3 is 2.55 bits per heavy atom. The number of nitrogens with two attached hydrogens (primary N) is 1. The fourth-order valence-electron chi connectivity index (χ4n) is 2.44. The highest BCUT2D eigenvalue weighted by Crippen LogP contribution is 2.20. The molecular formula is C15H21ClN2O2. The zero-order valence-corrected chi connectivity index (χ0v) is 12.5. The summed E-state index contributed by atoms with van der Waals surface area (Å²) in [6, 6.07) is 7.22. The standard InChI is InChI=1S/C15H21ClN2O2/c1-11(17)12-6-8-18(9-7-12)15(19)10-20-14-4-2-13(16)3-5-14/h2-5,11-12H,6-10,17H2,1H3. The van der Waals surface area contributed by atoms with Gasteiger partial charge >= 0.3 is 0 Å². The minimum absolute atomic E-state index is 0.0306. The van der Waals surface area contributed by atoms with Crippen molar-refractivity contribution in [3.05, 3.63) is 29.3 Å². The van der Waals surface area contributed by atoms with Crippen molar-refractivity contribution < 1.29 is 9.53 Å². The molecule has 1 aromatic carbocycles. The number of hydrogen-bond donors (Lipinski definition) is 1. The predicted molar refractivity (Wildman–Crippen MR) is 79.9 cm³/mol. The van der Waals surface area contributed by atoms with E-state index in [1.165, 1.54) is 0 Å². The van der Waals surface area contributed by atoms with Gasteiger partial charge in [0.2, 0.25) is 0 Å². The Kier molecular flexibility index (Phi) is 5.26. The van der Waals surface area contributed by atoms with Gasteiger partial charge in [-0.05, 0) is 49.9 Å². The number of nitrogens with zero attached hydrogens (tertiary/aromatic N) is 1. The van der Waals surface area contributed by atoms with Crippen LogP contribution in [0.5, 0.6) is 5.75 Å². The third kappa shape index (κ3) is 4.12. The highest BCUT2D eigenvalue weighted by molar-refractivity contribution is 6.30. The summed E-state index contributed by atoms with van der Waals surface area (Å²) in [5.41, 5.74) is 5.90. The van der Waals surface area contributed by atoms with E-state index in [0.717, 1.165) is 25.9 Å². The molecule has 1 saturated heterocycles. The summed E-state index contributed by atoms with van der Waals surface area (Å²) >= 11 is 5.79. The molecule has 0 saturated carbocycles. The van der Waals surface area contributed by atoms with Gasteiger partial charge in [0.15, 0.2) is 6.61 Å². The van der Waals surface area contributed by atoms with E-state index in [1.807, 2.05) is 11.8 Å². The first kappa shape index (κ1) is 15.1. The summed E-state index contributed by atoms with van der Waals surface area (Å²) in [6.45, 7) is 3.65. The second-order valence-corrected chi connectivity index (χ2v) is 5.76. The van der Waals surface area contributed by atoms with Crippen molar-refractivity contribution in [2.24, 2.45) is 11.7 Å². The Bertz CT molecular complexity index is 440. The van der Waals surface area contributed by atoms with Crippen molar-refractivity contribution >= 4 is 17.5 Å². The van der Waals surface area contributed by atoms with Crippen molar-refractivity contribution in [1.82, 2.24) is 4.90 Å². The molecule has 0 bridgehead atoms. The Morgan fingerprint density at radius 2 is 2.00 bits per heavy atom. The molecule has 1 amide bonds. The van der Waals surface area contributed by atoms with Gasteiger partial charge in [-0.1, -0.05) is 11.6 Å². The average molecular weight is 297 g/mol. The molecule has 1 fully saturated rings. The van der Waals surface area contributed by atoms with Gasteiger partial charge in [-0.15, -0.1) is 0 Å².